The van der Waals surface area contributed by atoms with Crippen LogP contribution in [0.5, 0.6) is 0 Å². The van der Waals surface area contributed by atoms with Gasteiger partial charge in [-0.2, -0.15) is 0 Å². The van der Waals surface area contributed by atoms with Gasteiger partial charge in [0.25, 0.3) is 0 Å². The van der Waals surface area contributed by atoms with Gasteiger partial charge in [-0.15, -0.1) is 13.6 Å². The SMILES string of the molecule is [B]B([B])B([B]B(B(B([B])[B])B([B])C)B(B(C)C)B(C)C)B([B])[B]C.[V]. The minimum atomic E-state index is -0.540. The van der Waals surface area contributed by atoms with Gasteiger partial charge in [-0.1, -0.05) is 27.3 Å². The second kappa shape index (κ2) is 13.9. The third-order valence-electron chi connectivity index (χ3n) is 5.20. The number of hydrogen-bond acceptors (Lipinski definition) is 0. The van der Waals surface area contributed by atoms with Crippen LogP contribution in [0.2, 0.25) is 40.9 Å². The molecule has 0 unspecified atom stereocenters. The van der Waals surface area contributed by atoms with Crippen LogP contribution in [-0.2, 0) is 18.6 Å². The molecule has 0 aromatic rings. The molecule has 0 aliphatic rings. The molecule has 15 radical (unpaired) electrons. The van der Waals surface area contributed by atoms with Crippen LogP contribution < -0.4 is 0 Å². The van der Waals surface area contributed by atoms with Crippen molar-refractivity contribution in [2.75, 3.05) is 0 Å². The second-order valence-corrected chi connectivity index (χ2v) is 7.91. The van der Waals surface area contributed by atoms with Crippen molar-refractivity contribution in [3.63, 3.8) is 0 Å². The average Bonchev–Trinajstić information content (AvgIpc) is 2.41. The third kappa shape index (κ3) is 9.19. The van der Waals surface area contributed by atoms with Gasteiger partial charge in [-0.25, -0.2) is 0 Å². The fraction of sp³-hybridized carbons (Fsp3) is 1.00. The molecule has 0 nitrogen and oxygen atoms in total. The summed E-state index contributed by atoms with van der Waals surface area (Å²) < 4.78 is 0. The van der Waals surface area contributed by atoms with Gasteiger partial charge >= 0.3 is 0 Å². The molecule has 0 aromatic carbocycles. The third-order valence-corrected chi connectivity index (χ3v) is 5.20. The van der Waals surface area contributed by atoms with E-state index in [0.717, 1.165) is 0 Å². The van der Waals surface area contributed by atoms with E-state index in [9.17, 15) is 0 Å². The molecule has 0 heterocycles. The Bertz CT molecular complexity index is 300. The van der Waals surface area contributed by atoms with Crippen molar-refractivity contribution < 1.29 is 18.6 Å². The molecule has 0 spiro atoms. The van der Waals surface area contributed by atoms with Gasteiger partial charge in [0.15, 0.2) is 0 Å². The summed E-state index contributed by atoms with van der Waals surface area (Å²) >= 11 is 0. The Morgan fingerprint density at radius 1 is 0.640 bits per heavy atom. The first kappa shape index (κ1) is 29.0. The molecule has 0 atom stereocenters. The molecule has 0 amide bonds. The van der Waals surface area contributed by atoms with Crippen LogP contribution in [0.4, 0.5) is 0 Å². The Kier molecular flexibility index (Phi) is 16.0. The smallest absolute Gasteiger partial charge is 0.0850 e. The monoisotopic (exact) mass is 339 g/mol. The minimum absolute atomic E-state index is 0. The standard InChI is InChI=1S/C6H18B18.V/c1-13-20(12)21(18(8)9)14-22(23(15(2)3)16(4)5)24(17(6)7)19(10)11;/h1-6H3;. The summed E-state index contributed by atoms with van der Waals surface area (Å²) in [6.45, 7) is 13.5. The van der Waals surface area contributed by atoms with Crippen molar-refractivity contribution in [1.82, 2.24) is 0 Å². The molecular weight excluding hydrogens is 318 g/mol. The molecule has 25 heavy (non-hydrogen) atoms. The zero-order valence-electron chi connectivity index (χ0n) is 16.8. The molecule has 0 bridgehead atoms. The van der Waals surface area contributed by atoms with E-state index >= 15 is 0 Å². The molecule has 0 rings (SSSR count). The van der Waals surface area contributed by atoms with Crippen LogP contribution in [0.25, 0.3) is 0 Å². The fourth-order valence-corrected chi connectivity index (χ4v) is 4.12. The van der Waals surface area contributed by atoms with Crippen molar-refractivity contribution in [2.24, 2.45) is 0 Å². The summed E-state index contributed by atoms with van der Waals surface area (Å²) in [6.07, 6.45) is -1.03. The molecule has 19 heteroatoms. The van der Waals surface area contributed by atoms with Crippen molar-refractivity contribution in [1.29, 1.82) is 0 Å². The van der Waals surface area contributed by atoms with E-state index in [4.69, 9.17) is 46.4 Å². The van der Waals surface area contributed by atoms with Crippen molar-refractivity contribution >= 4 is 125 Å². The Hall–Kier alpha value is 1.75. The van der Waals surface area contributed by atoms with Crippen LogP contribution >= 0.6 is 0 Å². The fourth-order valence-electron chi connectivity index (χ4n) is 4.12. The molecule has 0 aliphatic heterocycles. The molecule has 0 saturated carbocycles. The topological polar surface area (TPSA) is 0 Å². The second-order valence-electron chi connectivity index (χ2n) is 7.91. The van der Waals surface area contributed by atoms with Gasteiger partial charge in [0, 0.05) is 123 Å². The minimum Gasteiger partial charge on any atom is -0.101 e. The van der Waals surface area contributed by atoms with Gasteiger partial charge in [-0.05, 0) is 0 Å². The number of hydrogen-bond donors (Lipinski definition) is 0. The van der Waals surface area contributed by atoms with Gasteiger partial charge in [0.1, 0.15) is 0 Å². The zero-order valence-corrected chi connectivity index (χ0v) is 18.2. The summed E-state index contributed by atoms with van der Waals surface area (Å²) in [7, 11) is 40.9. The zero-order chi connectivity index (χ0) is 19.2. The van der Waals surface area contributed by atoms with Crippen LogP contribution in [0.1, 0.15) is 0 Å². The van der Waals surface area contributed by atoms with Gasteiger partial charge in [0.2, 0.25) is 0 Å². The van der Waals surface area contributed by atoms with Crippen LogP contribution in [0.15, 0.2) is 0 Å². The van der Waals surface area contributed by atoms with Gasteiger partial charge in [-0.3, -0.25) is 0 Å². The predicted molar refractivity (Wildman–Crippen MR) is 139 cm³/mol. The normalized spacial score (nSPS) is 9.04. The molecule has 0 N–H and O–H groups in total. The van der Waals surface area contributed by atoms with Crippen molar-refractivity contribution in [2.45, 2.75) is 40.9 Å². The maximum absolute atomic E-state index is 6.26. The predicted octanol–water partition coefficient (Wildman–Crippen LogP) is -3.35. The van der Waals surface area contributed by atoms with Gasteiger partial charge < -0.3 is 0 Å². The Morgan fingerprint density at radius 3 is 1.32 bits per heavy atom. The Balaban J connectivity index is 0. The molecule has 0 fully saturated rings. The van der Waals surface area contributed by atoms with E-state index in [1.165, 1.54) is 0 Å². The van der Waals surface area contributed by atoms with Crippen LogP contribution in [-0.4, -0.2) is 125 Å². The maximum atomic E-state index is 6.26. The summed E-state index contributed by atoms with van der Waals surface area (Å²) in [5, 5.41) is 0. The summed E-state index contributed by atoms with van der Waals surface area (Å²) in [4.78, 5) is 0. The van der Waals surface area contributed by atoms with E-state index in [-0.39, 0.29) is 50.6 Å². The largest absolute Gasteiger partial charge is 0.101 e. The average molecular weight is 336 g/mol. The van der Waals surface area contributed by atoms with Crippen molar-refractivity contribution in [3.05, 3.63) is 0 Å². The molecular formula is C6H18B18V. The first-order valence-electron chi connectivity index (χ1n) is 9.13. The van der Waals surface area contributed by atoms with Crippen LogP contribution in [0, 0.1) is 0 Å². The summed E-state index contributed by atoms with van der Waals surface area (Å²) in [5.74, 6) is 0. The van der Waals surface area contributed by atoms with E-state index in [2.05, 4.69) is 34.4 Å². The molecule has 0 aliphatic carbocycles. The van der Waals surface area contributed by atoms with Crippen molar-refractivity contribution in [3.8, 4) is 0 Å². The van der Waals surface area contributed by atoms with Gasteiger partial charge in [0.05, 0.1) is 20.4 Å². The Morgan fingerprint density at radius 2 is 1.08 bits per heavy atom. The van der Waals surface area contributed by atoms with E-state index in [0.29, 0.717) is 19.6 Å². The molecule has 0 saturated heterocycles. The Labute approximate surface area is 183 Å². The first-order valence-corrected chi connectivity index (χ1v) is 9.13. The molecule has 101 valence electrons. The maximum Gasteiger partial charge on any atom is 0.0850 e. The quantitative estimate of drug-likeness (QED) is 0.346. The number of rotatable bonds is 11. The van der Waals surface area contributed by atoms with E-state index in [1.54, 1.807) is 0 Å². The molecule has 0 aromatic heterocycles. The first-order chi connectivity index (χ1) is 10.9. The van der Waals surface area contributed by atoms with E-state index < -0.39 is 12.8 Å². The van der Waals surface area contributed by atoms with E-state index in [1.807, 2.05) is 20.8 Å². The summed E-state index contributed by atoms with van der Waals surface area (Å²) in [6, 6.07) is 0. The van der Waals surface area contributed by atoms with Crippen LogP contribution in [0.3, 0.4) is 0 Å². The summed E-state index contributed by atoms with van der Waals surface area (Å²) in [5.41, 5.74) is 0.